The Labute approximate surface area is 738 Å². The number of anilines is 4. The number of rotatable bonds is 18. The number of nitriles is 2. The maximum absolute atomic E-state index is 13.2. The summed E-state index contributed by atoms with van der Waals surface area (Å²) >= 11 is 67.8. The first-order valence-corrected chi connectivity index (χ1v) is 39.3. The first kappa shape index (κ1) is 90.8. The number of halogens is 12. The minimum absolute atomic E-state index is 0.0412. The number of benzene rings is 4. The van der Waals surface area contributed by atoms with Crippen LogP contribution in [0.4, 0.5) is 22.7 Å². The molecule has 0 unspecified atom stereocenters. The van der Waals surface area contributed by atoms with Crippen LogP contribution < -0.4 is 42.5 Å². The molecule has 0 saturated heterocycles. The number of aromatic nitrogens is 12. The summed E-state index contributed by atoms with van der Waals surface area (Å²) in [6, 6.07) is 34.3. The summed E-state index contributed by atoms with van der Waals surface area (Å²) < 4.78 is 5.84. The number of amides is 8. The summed E-state index contributed by atoms with van der Waals surface area (Å²) in [5.74, 6) is -3.03. The first-order chi connectivity index (χ1) is 56.0. The van der Waals surface area contributed by atoms with Gasteiger partial charge in [-0.15, -0.1) is 0 Å². The van der Waals surface area contributed by atoms with Crippen LogP contribution in [-0.4, -0.2) is 132 Å². The summed E-state index contributed by atoms with van der Waals surface area (Å²) in [6.07, 6.45) is 6.08. The molecule has 118 heavy (non-hydrogen) atoms. The number of hydrogen-bond donors (Lipinski definition) is 8. The Balaban J connectivity index is 0.000000179. The van der Waals surface area contributed by atoms with E-state index in [1.807, 2.05) is 26.0 Å². The number of carbonyl (C=O) groups excluding carboxylic acids is 8. The number of hydrogen-bond acceptors (Lipinski definition) is 18. The highest BCUT2D eigenvalue weighted by molar-refractivity contribution is 9.10. The predicted molar refractivity (Wildman–Crippen MR) is 459 cm³/mol. The Morgan fingerprint density at radius 3 is 0.941 bits per heavy atom. The van der Waals surface area contributed by atoms with E-state index in [1.165, 1.54) is 118 Å². The van der Waals surface area contributed by atoms with Gasteiger partial charge in [0.05, 0.1) is 98.4 Å². The molecule has 0 saturated carbocycles. The fourth-order valence-corrected chi connectivity index (χ4v) is 13.6. The van der Waals surface area contributed by atoms with Gasteiger partial charge in [-0.2, -0.15) is 30.9 Å². The standard InChI is InChI=1S/C21H18BrClN6O2.C19H14BrClN6O2.C19H15Cl4N5O2.C17H11Cl4N5O2/c1-11(2)26-20(30)14-8-13(10-24)7-12(3)18(14)27-21(31)16-9-17(22)28-29(16)19-15(23)5-4-6-25-19;1-10-6-11(9-22)7-12(18(28)23-2)16(10)25-19(29)14-8-15(20)26-27(14)17-13(21)4-3-5-24-17;1-9(2)25-18(29)11-6-10(20)7-13(22)16(11)26-19(30)14-8-15(23)27-28(14)17-12(21)4-3-5-24-17;1-22-16(27)9-5-8(18)6-11(20)14(9)24-17(28)12-7-13(21)25-26(12)15-10(19)3-2-4-23-15/h4-9,11H,1-3H3,(H,26,30)(H,27,31);3-8H,1-2H3,(H,23,28)(H,25,29);3-9H,1-2H3,(H,25,29)(H,26,30);2-7H,1H3,(H,22,27)(H,24,28). The van der Waals surface area contributed by atoms with Crippen molar-refractivity contribution in [2.45, 2.75) is 53.6 Å². The third kappa shape index (κ3) is 22.4. The van der Waals surface area contributed by atoms with Crippen molar-refractivity contribution in [1.29, 1.82) is 10.5 Å². The van der Waals surface area contributed by atoms with Crippen LogP contribution in [0.1, 0.15) is 133 Å². The molecule has 8 amide bonds. The summed E-state index contributed by atoms with van der Waals surface area (Å²) in [5, 5.41) is 58.3. The average Bonchev–Trinajstić information content (AvgIpc) is 1.63. The van der Waals surface area contributed by atoms with Gasteiger partial charge in [0.15, 0.2) is 33.6 Å². The number of pyridine rings is 4. The number of nitrogens with zero attached hydrogens (tertiary/aromatic N) is 14. The van der Waals surface area contributed by atoms with Gasteiger partial charge >= 0.3 is 0 Å². The van der Waals surface area contributed by atoms with Crippen LogP contribution >= 0.6 is 148 Å². The SMILES string of the molecule is CC(C)NC(=O)c1cc(Cl)cc(Cl)c1NC(=O)c1cc(Cl)nn1-c1ncccc1Cl.CNC(=O)c1cc(C#N)cc(C)c1NC(=O)c1cc(Br)nn1-c1ncccc1Cl.CNC(=O)c1cc(Cl)cc(Cl)c1NC(=O)c1cc(Cl)nn1-c1ncccc1Cl.Cc1cc(C#N)cc(C(=O)NC(C)C)c1NC(=O)c1cc(Br)nn1-c1ncccc1Cl. The lowest BCUT2D eigenvalue weighted by molar-refractivity contribution is 0.0934. The van der Waals surface area contributed by atoms with E-state index in [9.17, 15) is 48.9 Å². The second-order valence-electron chi connectivity index (χ2n) is 24.8. The normalized spacial score (nSPS) is 10.6. The van der Waals surface area contributed by atoms with Gasteiger partial charge in [-0.25, -0.2) is 38.7 Å². The lowest BCUT2D eigenvalue weighted by Gasteiger charge is -2.16. The van der Waals surface area contributed by atoms with Crippen LogP contribution in [0.5, 0.6) is 0 Å². The molecule has 0 aliphatic rings. The van der Waals surface area contributed by atoms with Crippen molar-refractivity contribution < 1.29 is 38.4 Å². The van der Waals surface area contributed by atoms with Crippen molar-refractivity contribution in [3.63, 3.8) is 0 Å². The highest BCUT2D eigenvalue weighted by atomic mass is 79.9. The van der Waals surface area contributed by atoms with Crippen LogP contribution in [0.3, 0.4) is 0 Å². The summed E-state index contributed by atoms with van der Waals surface area (Å²) in [5.41, 5.74) is 3.54. The third-order valence-corrected chi connectivity index (χ3v) is 19.0. The molecule has 8 heterocycles. The summed E-state index contributed by atoms with van der Waals surface area (Å²) in [7, 11) is 2.91. The van der Waals surface area contributed by atoms with Crippen LogP contribution in [0, 0.1) is 36.5 Å². The van der Waals surface area contributed by atoms with E-state index in [2.05, 4.69) is 115 Å². The fraction of sp³-hybridized carbons (Fsp3) is 0.132. The topological polar surface area (TPSA) is 403 Å². The molecule has 12 aromatic rings. The highest BCUT2D eigenvalue weighted by Gasteiger charge is 2.29. The minimum atomic E-state index is -0.629. The molecule has 42 heteroatoms. The Morgan fingerprint density at radius 1 is 0.364 bits per heavy atom. The molecule has 0 aliphatic carbocycles. The Morgan fingerprint density at radius 2 is 0.644 bits per heavy atom. The molecule has 604 valence electrons. The summed E-state index contributed by atoms with van der Waals surface area (Å²) in [6.45, 7) is 10.7. The highest BCUT2D eigenvalue weighted by Crippen LogP contribution is 2.36. The van der Waals surface area contributed by atoms with Gasteiger partial charge < -0.3 is 42.5 Å². The molecule has 12 rings (SSSR count). The van der Waals surface area contributed by atoms with Gasteiger partial charge in [0.2, 0.25) is 0 Å². The zero-order valence-corrected chi connectivity index (χ0v) is 72.8. The van der Waals surface area contributed by atoms with E-state index in [1.54, 1.807) is 88.4 Å². The smallest absolute Gasteiger partial charge is 0.274 e. The van der Waals surface area contributed by atoms with E-state index in [-0.39, 0.29) is 132 Å². The van der Waals surface area contributed by atoms with Crippen LogP contribution in [0.25, 0.3) is 23.3 Å². The van der Waals surface area contributed by atoms with Crippen molar-refractivity contribution >= 4 is 218 Å². The molecule has 4 aromatic carbocycles. The van der Waals surface area contributed by atoms with Gasteiger partial charge in [-0.05, 0) is 182 Å². The Hall–Kier alpha value is -11.1. The number of nitrogens with one attached hydrogen (secondary N) is 8. The van der Waals surface area contributed by atoms with Crippen LogP contribution in [-0.2, 0) is 0 Å². The van der Waals surface area contributed by atoms with Gasteiger partial charge in [0.25, 0.3) is 47.3 Å². The van der Waals surface area contributed by atoms with Crippen molar-refractivity contribution in [2.24, 2.45) is 0 Å². The molecule has 0 bridgehead atoms. The van der Waals surface area contributed by atoms with E-state index in [0.29, 0.717) is 52.9 Å². The maximum atomic E-state index is 13.2. The van der Waals surface area contributed by atoms with Crippen molar-refractivity contribution in [3.05, 3.63) is 273 Å². The monoisotopic (exact) mass is 1910 g/mol. The molecule has 0 radical (unpaired) electrons. The molecule has 0 aliphatic heterocycles. The minimum Gasteiger partial charge on any atom is -0.355 e. The molecule has 8 N–H and O–H groups in total. The summed E-state index contributed by atoms with van der Waals surface area (Å²) in [4.78, 5) is 119. The Bertz CT molecular complexity index is 6040. The van der Waals surface area contributed by atoms with Crippen LogP contribution in [0.2, 0.25) is 50.5 Å². The zero-order valence-electron chi connectivity index (χ0n) is 62.1. The third-order valence-electron chi connectivity index (χ3n) is 15.7. The van der Waals surface area contributed by atoms with Gasteiger partial charge in [0, 0.05) is 85.3 Å². The fourth-order valence-electron chi connectivity index (χ4n) is 10.6. The quantitative estimate of drug-likeness (QED) is 0.0395. The largest absolute Gasteiger partial charge is 0.355 e. The van der Waals surface area contributed by atoms with Crippen molar-refractivity contribution in [3.8, 4) is 35.4 Å². The van der Waals surface area contributed by atoms with Gasteiger partial charge in [-0.1, -0.05) is 116 Å². The van der Waals surface area contributed by atoms with E-state index < -0.39 is 47.3 Å². The van der Waals surface area contributed by atoms with E-state index in [0.717, 1.165) is 0 Å². The molecule has 0 spiro atoms. The van der Waals surface area contributed by atoms with Gasteiger partial charge in [0.1, 0.15) is 32.0 Å². The Kier molecular flexibility index (Phi) is 31.5. The molecular weight excluding hydrogens is 1860 g/mol. The predicted octanol–water partition coefficient (Wildman–Crippen LogP) is 17.5. The molecular formula is C76H58Br2Cl10N22O8. The lowest BCUT2D eigenvalue weighted by Crippen LogP contribution is -2.31. The molecule has 0 fully saturated rings. The number of carbonyl (C=O) groups is 8. The van der Waals surface area contributed by atoms with E-state index in [4.69, 9.17) is 116 Å². The first-order valence-electron chi connectivity index (χ1n) is 33.9. The molecule has 8 aromatic heterocycles. The average molecular weight is 1920 g/mol. The van der Waals surface area contributed by atoms with Gasteiger partial charge in [-0.3, -0.25) is 38.4 Å². The zero-order chi connectivity index (χ0) is 86.3. The second kappa shape index (κ2) is 40.9. The van der Waals surface area contributed by atoms with Crippen molar-refractivity contribution in [1.82, 2.24) is 80.3 Å². The maximum Gasteiger partial charge on any atom is 0.274 e. The van der Waals surface area contributed by atoms with E-state index >= 15 is 0 Å². The second-order valence-corrected chi connectivity index (χ2v) is 30.5. The lowest BCUT2D eigenvalue weighted by atomic mass is 10.0. The van der Waals surface area contributed by atoms with Crippen molar-refractivity contribution in [2.75, 3.05) is 35.4 Å². The van der Waals surface area contributed by atoms with Crippen LogP contribution in [0.15, 0.2) is 155 Å². The number of aryl methyl sites for hydroxylation is 2. The molecule has 0 atom stereocenters. The molecule has 30 nitrogen and oxygen atoms in total.